The van der Waals surface area contributed by atoms with Gasteiger partial charge in [-0.25, -0.2) is 4.39 Å². The summed E-state index contributed by atoms with van der Waals surface area (Å²) in [5, 5.41) is 17.9. The Kier molecular flexibility index (Phi) is 3.69. The lowest BCUT2D eigenvalue weighted by Crippen LogP contribution is -1.95. The van der Waals surface area contributed by atoms with Gasteiger partial charge in [0.1, 0.15) is 5.82 Å². The Balaban J connectivity index is 2.94. The van der Waals surface area contributed by atoms with Crippen molar-refractivity contribution in [3.8, 4) is 6.07 Å². The summed E-state index contributed by atoms with van der Waals surface area (Å²) in [4.78, 5) is 0. The Morgan fingerprint density at radius 2 is 2.13 bits per heavy atom. The molecule has 0 aliphatic carbocycles. The van der Waals surface area contributed by atoms with Crippen molar-refractivity contribution in [2.24, 2.45) is 0 Å². The first kappa shape index (κ1) is 11.1. The van der Waals surface area contributed by atoms with Gasteiger partial charge < -0.3 is 9.84 Å². The lowest BCUT2D eigenvalue weighted by molar-refractivity contribution is 0.134. The van der Waals surface area contributed by atoms with Crippen LogP contribution >= 0.6 is 0 Å². The molecule has 0 amide bonds. The third-order valence-electron chi connectivity index (χ3n) is 1.89. The molecule has 1 N–H and O–H groups in total. The van der Waals surface area contributed by atoms with Gasteiger partial charge in [0, 0.05) is 6.08 Å². The van der Waals surface area contributed by atoms with Gasteiger partial charge in [-0.1, -0.05) is 12.1 Å². The average molecular weight is 207 g/mol. The molecule has 1 aromatic carbocycles. The standard InChI is InChI=1S/C11H10FNO2/c1-15-11(14)6-9(7-13)8-2-4-10(12)5-3-8/h2-6,9,14H,1H3/b11-6+. The van der Waals surface area contributed by atoms with Crippen molar-refractivity contribution in [1.82, 2.24) is 0 Å². The van der Waals surface area contributed by atoms with Crippen molar-refractivity contribution < 1.29 is 14.2 Å². The normalized spacial score (nSPS) is 13.0. The first-order chi connectivity index (χ1) is 7.17. The number of ether oxygens (including phenoxy) is 1. The molecular formula is C11H10FNO2. The average Bonchev–Trinajstić information content (AvgIpc) is 2.27. The first-order valence-corrected chi connectivity index (χ1v) is 4.27. The fourth-order valence-corrected chi connectivity index (χ4v) is 1.09. The van der Waals surface area contributed by atoms with E-state index >= 15 is 0 Å². The molecule has 0 aliphatic rings. The van der Waals surface area contributed by atoms with Crippen LogP contribution in [0.25, 0.3) is 0 Å². The maximum atomic E-state index is 12.6. The summed E-state index contributed by atoms with van der Waals surface area (Å²) in [6, 6.07) is 7.46. The summed E-state index contributed by atoms with van der Waals surface area (Å²) in [6.45, 7) is 0. The Morgan fingerprint density at radius 3 is 2.60 bits per heavy atom. The van der Waals surface area contributed by atoms with Crippen LogP contribution in [0.4, 0.5) is 4.39 Å². The molecule has 1 unspecified atom stereocenters. The highest BCUT2D eigenvalue weighted by Gasteiger charge is 2.09. The molecule has 15 heavy (non-hydrogen) atoms. The van der Waals surface area contributed by atoms with E-state index in [4.69, 9.17) is 10.4 Å². The maximum absolute atomic E-state index is 12.6. The van der Waals surface area contributed by atoms with Gasteiger partial charge in [0.15, 0.2) is 0 Å². The minimum atomic E-state index is -0.648. The molecular weight excluding hydrogens is 197 g/mol. The highest BCUT2D eigenvalue weighted by molar-refractivity contribution is 5.30. The van der Waals surface area contributed by atoms with E-state index in [1.807, 2.05) is 6.07 Å². The molecule has 0 aromatic heterocycles. The molecule has 1 atom stereocenters. The number of hydrogen-bond acceptors (Lipinski definition) is 3. The summed E-state index contributed by atoms with van der Waals surface area (Å²) in [5.41, 5.74) is 0.600. The first-order valence-electron chi connectivity index (χ1n) is 4.27. The largest absolute Gasteiger partial charge is 0.481 e. The van der Waals surface area contributed by atoms with E-state index in [2.05, 4.69) is 4.74 Å². The van der Waals surface area contributed by atoms with Gasteiger partial charge in [-0.05, 0) is 17.7 Å². The third kappa shape index (κ3) is 2.99. The minimum absolute atomic E-state index is 0.328. The van der Waals surface area contributed by atoms with Crippen molar-refractivity contribution in [3.63, 3.8) is 0 Å². The summed E-state index contributed by atoms with van der Waals surface area (Å²) >= 11 is 0. The van der Waals surface area contributed by atoms with E-state index in [9.17, 15) is 4.39 Å². The molecule has 0 heterocycles. The minimum Gasteiger partial charge on any atom is -0.481 e. The van der Waals surface area contributed by atoms with Crippen molar-refractivity contribution >= 4 is 0 Å². The number of rotatable bonds is 3. The molecule has 0 aliphatic heterocycles. The Bertz CT molecular complexity index is 392. The van der Waals surface area contributed by atoms with Crippen LogP contribution in [0.15, 0.2) is 36.3 Å². The van der Waals surface area contributed by atoms with Gasteiger partial charge in [-0.15, -0.1) is 0 Å². The van der Waals surface area contributed by atoms with Crippen molar-refractivity contribution in [3.05, 3.63) is 47.7 Å². The van der Waals surface area contributed by atoms with Gasteiger partial charge in [0.2, 0.25) is 0 Å². The Labute approximate surface area is 87.0 Å². The predicted octanol–water partition coefficient (Wildman–Crippen LogP) is 2.48. The number of benzene rings is 1. The summed E-state index contributed by atoms with van der Waals surface area (Å²) in [7, 11) is 1.30. The van der Waals surface area contributed by atoms with E-state index in [-0.39, 0.29) is 11.8 Å². The van der Waals surface area contributed by atoms with Crippen LogP contribution < -0.4 is 0 Å². The lowest BCUT2D eigenvalue weighted by Gasteiger charge is -2.04. The number of methoxy groups -OCH3 is 1. The number of aliphatic hydroxyl groups excluding tert-OH is 1. The molecule has 0 fully saturated rings. The molecule has 1 aromatic rings. The van der Waals surface area contributed by atoms with Gasteiger partial charge >= 0.3 is 0 Å². The number of halogens is 1. The third-order valence-corrected chi connectivity index (χ3v) is 1.89. The van der Waals surface area contributed by atoms with Crippen LogP contribution in [0.1, 0.15) is 11.5 Å². The second-order valence-electron chi connectivity index (χ2n) is 2.87. The van der Waals surface area contributed by atoms with Crippen LogP contribution in [0, 0.1) is 17.1 Å². The topological polar surface area (TPSA) is 53.2 Å². The van der Waals surface area contributed by atoms with Gasteiger partial charge in [0.25, 0.3) is 5.95 Å². The van der Waals surface area contributed by atoms with E-state index in [1.165, 1.54) is 37.5 Å². The lowest BCUT2D eigenvalue weighted by atomic mass is 10.0. The Hall–Kier alpha value is -2.02. The number of nitrogens with zero attached hydrogens (tertiary/aromatic N) is 1. The zero-order valence-electron chi connectivity index (χ0n) is 8.14. The van der Waals surface area contributed by atoms with Crippen LogP contribution in [0.3, 0.4) is 0 Å². The van der Waals surface area contributed by atoms with Crippen molar-refractivity contribution in [2.75, 3.05) is 7.11 Å². The van der Waals surface area contributed by atoms with Crippen LogP contribution in [-0.4, -0.2) is 12.2 Å². The van der Waals surface area contributed by atoms with Crippen molar-refractivity contribution in [1.29, 1.82) is 5.26 Å². The summed E-state index contributed by atoms with van der Waals surface area (Å²) in [6.07, 6.45) is 1.26. The summed E-state index contributed by atoms with van der Waals surface area (Å²) < 4.78 is 17.1. The van der Waals surface area contributed by atoms with E-state index in [0.29, 0.717) is 5.56 Å². The molecule has 78 valence electrons. The molecule has 3 nitrogen and oxygen atoms in total. The van der Waals surface area contributed by atoms with Crippen LogP contribution in [0.2, 0.25) is 0 Å². The zero-order valence-corrected chi connectivity index (χ0v) is 8.14. The molecule has 0 spiro atoms. The molecule has 0 bridgehead atoms. The fourth-order valence-electron chi connectivity index (χ4n) is 1.09. The zero-order chi connectivity index (χ0) is 11.3. The quantitative estimate of drug-likeness (QED) is 0.774. The van der Waals surface area contributed by atoms with E-state index < -0.39 is 5.92 Å². The van der Waals surface area contributed by atoms with Crippen LogP contribution in [-0.2, 0) is 4.74 Å². The molecule has 0 saturated carbocycles. The van der Waals surface area contributed by atoms with Crippen molar-refractivity contribution in [2.45, 2.75) is 5.92 Å². The SMILES string of the molecule is CO/C(O)=C/C(C#N)c1ccc(F)cc1. The smallest absolute Gasteiger partial charge is 0.273 e. The highest BCUT2D eigenvalue weighted by Crippen LogP contribution is 2.18. The van der Waals surface area contributed by atoms with Gasteiger partial charge in [-0.3, -0.25) is 0 Å². The second kappa shape index (κ2) is 5.01. The predicted molar refractivity (Wildman–Crippen MR) is 52.5 cm³/mol. The molecule has 4 heteroatoms. The molecule has 0 radical (unpaired) electrons. The van der Waals surface area contributed by atoms with Crippen LogP contribution in [0.5, 0.6) is 0 Å². The number of hydrogen-bond donors (Lipinski definition) is 1. The fraction of sp³-hybridized carbons (Fsp3) is 0.182. The maximum Gasteiger partial charge on any atom is 0.273 e. The Morgan fingerprint density at radius 1 is 1.53 bits per heavy atom. The van der Waals surface area contributed by atoms with Gasteiger partial charge in [0.05, 0.1) is 19.1 Å². The highest BCUT2D eigenvalue weighted by atomic mass is 19.1. The molecule has 1 rings (SSSR count). The number of nitriles is 1. The monoisotopic (exact) mass is 207 g/mol. The molecule has 0 saturated heterocycles. The number of allylic oxidation sites excluding steroid dienone is 1. The van der Waals surface area contributed by atoms with E-state index in [1.54, 1.807) is 0 Å². The van der Waals surface area contributed by atoms with Gasteiger partial charge in [-0.2, -0.15) is 5.26 Å². The second-order valence-corrected chi connectivity index (χ2v) is 2.87. The van der Waals surface area contributed by atoms with E-state index in [0.717, 1.165) is 0 Å². The summed E-state index contributed by atoms with van der Waals surface area (Å²) in [5.74, 6) is -1.34. The number of aliphatic hydroxyl groups is 1.